The summed E-state index contributed by atoms with van der Waals surface area (Å²) >= 11 is 0. The molecule has 27 heavy (non-hydrogen) atoms. The topological polar surface area (TPSA) is 64.6 Å². The number of carbonyl (C=O) groups excluding carboxylic acids is 2. The normalized spacial score (nSPS) is 18.1. The average Bonchev–Trinajstić information content (AvgIpc) is 3.42. The van der Waals surface area contributed by atoms with Gasteiger partial charge in [0, 0.05) is 5.69 Å². The van der Waals surface area contributed by atoms with Gasteiger partial charge in [0.05, 0.1) is 5.92 Å². The van der Waals surface area contributed by atoms with Crippen LogP contribution in [0.5, 0.6) is 5.75 Å². The van der Waals surface area contributed by atoms with Crippen molar-refractivity contribution in [1.29, 1.82) is 0 Å². The summed E-state index contributed by atoms with van der Waals surface area (Å²) in [4.78, 5) is 23.8. The molecule has 0 heterocycles. The SMILES string of the molecule is O=C(COC(=O)C1CC1c1ccc(F)cc1)Nc1ccc(OC(F)F)cc1. The first-order chi connectivity index (χ1) is 12.9. The summed E-state index contributed by atoms with van der Waals surface area (Å²) in [7, 11) is 0. The molecule has 8 heteroatoms. The summed E-state index contributed by atoms with van der Waals surface area (Å²) in [5.74, 6) is -1.78. The number of anilines is 1. The van der Waals surface area contributed by atoms with E-state index in [1.165, 1.54) is 36.4 Å². The van der Waals surface area contributed by atoms with Crippen LogP contribution in [0, 0.1) is 11.7 Å². The van der Waals surface area contributed by atoms with Crippen molar-refractivity contribution in [2.24, 2.45) is 5.92 Å². The van der Waals surface area contributed by atoms with E-state index < -0.39 is 25.1 Å². The van der Waals surface area contributed by atoms with Crippen LogP contribution in [-0.4, -0.2) is 25.1 Å². The summed E-state index contributed by atoms with van der Waals surface area (Å²) in [5, 5.41) is 2.49. The number of hydrogen-bond acceptors (Lipinski definition) is 4. The number of ether oxygens (including phenoxy) is 2. The minimum Gasteiger partial charge on any atom is -0.455 e. The zero-order valence-electron chi connectivity index (χ0n) is 14.0. The van der Waals surface area contributed by atoms with E-state index in [9.17, 15) is 22.8 Å². The third kappa shape index (κ3) is 5.22. The van der Waals surface area contributed by atoms with Crippen molar-refractivity contribution in [3.05, 3.63) is 59.9 Å². The lowest BCUT2D eigenvalue weighted by atomic mass is 10.1. The number of esters is 1. The second-order valence-corrected chi connectivity index (χ2v) is 6.06. The molecule has 1 amide bonds. The molecule has 0 bridgehead atoms. The van der Waals surface area contributed by atoms with E-state index in [4.69, 9.17) is 4.74 Å². The molecule has 1 saturated carbocycles. The summed E-state index contributed by atoms with van der Waals surface area (Å²) in [6, 6.07) is 11.3. The van der Waals surface area contributed by atoms with Gasteiger partial charge in [0.25, 0.3) is 5.91 Å². The summed E-state index contributed by atoms with van der Waals surface area (Å²) in [5.41, 5.74) is 1.21. The predicted octanol–water partition coefficient (Wildman–Crippen LogP) is 3.71. The lowest BCUT2D eigenvalue weighted by molar-refractivity contribution is -0.148. The highest BCUT2D eigenvalue weighted by atomic mass is 19.3. The molecule has 142 valence electrons. The third-order valence-corrected chi connectivity index (χ3v) is 4.10. The van der Waals surface area contributed by atoms with Crippen LogP contribution < -0.4 is 10.1 Å². The predicted molar refractivity (Wildman–Crippen MR) is 89.9 cm³/mol. The molecule has 1 N–H and O–H groups in total. The number of hydrogen-bond donors (Lipinski definition) is 1. The first kappa shape index (κ1) is 18.8. The highest BCUT2D eigenvalue weighted by Gasteiger charge is 2.45. The Morgan fingerprint density at radius 1 is 1.07 bits per heavy atom. The molecule has 1 fully saturated rings. The van der Waals surface area contributed by atoms with Gasteiger partial charge < -0.3 is 14.8 Å². The quantitative estimate of drug-likeness (QED) is 0.745. The van der Waals surface area contributed by atoms with Crippen LogP contribution in [0.2, 0.25) is 0 Å². The molecule has 0 saturated heterocycles. The van der Waals surface area contributed by atoms with Gasteiger partial charge in [-0.25, -0.2) is 4.39 Å². The van der Waals surface area contributed by atoms with Gasteiger partial charge in [-0.3, -0.25) is 9.59 Å². The Morgan fingerprint density at radius 3 is 2.37 bits per heavy atom. The van der Waals surface area contributed by atoms with Gasteiger partial charge >= 0.3 is 12.6 Å². The van der Waals surface area contributed by atoms with Gasteiger partial charge in [0.1, 0.15) is 11.6 Å². The van der Waals surface area contributed by atoms with Crippen LogP contribution in [-0.2, 0) is 14.3 Å². The van der Waals surface area contributed by atoms with E-state index in [0.717, 1.165) is 5.56 Å². The molecule has 2 atom stereocenters. The van der Waals surface area contributed by atoms with Gasteiger partial charge in [-0.15, -0.1) is 0 Å². The lowest BCUT2D eigenvalue weighted by Gasteiger charge is -2.08. The van der Waals surface area contributed by atoms with Crippen molar-refractivity contribution >= 4 is 17.6 Å². The molecule has 1 aliphatic carbocycles. The van der Waals surface area contributed by atoms with E-state index in [1.54, 1.807) is 12.1 Å². The monoisotopic (exact) mass is 379 g/mol. The molecule has 2 aromatic carbocycles. The first-order valence-electron chi connectivity index (χ1n) is 8.19. The van der Waals surface area contributed by atoms with Crippen LogP contribution in [0.3, 0.4) is 0 Å². The molecule has 1 aliphatic rings. The highest BCUT2D eigenvalue weighted by Crippen LogP contribution is 2.48. The van der Waals surface area contributed by atoms with Crippen LogP contribution in [0.4, 0.5) is 18.9 Å². The Kier molecular flexibility index (Phi) is 5.63. The van der Waals surface area contributed by atoms with Gasteiger partial charge in [0.15, 0.2) is 6.61 Å². The fourth-order valence-electron chi connectivity index (χ4n) is 2.69. The Labute approximate surface area is 153 Å². The van der Waals surface area contributed by atoms with Crippen molar-refractivity contribution in [1.82, 2.24) is 0 Å². The largest absolute Gasteiger partial charge is 0.455 e. The minimum absolute atomic E-state index is 0.0245. The van der Waals surface area contributed by atoms with Crippen LogP contribution in [0.1, 0.15) is 17.9 Å². The van der Waals surface area contributed by atoms with E-state index >= 15 is 0 Å². The second-order valence-electron chi connectivity index (χ2n) is 6.06. The number of nitrogens with one attached hydrogen (secondary N) is 1. The van der Waals surface area contributed by atoms with Crippen molar-refractivity contribution in [3.63, 3.8) is 0 Å². The van der Waals surface area contributed by atoms with Gasteiger partial charge in [0.2, 0.25) is 0 Å². The van der Waals surface area contributed by atoms with Gasteiger partial charge in [-0.05, 0) is 54.3 Å². The maximum absolute atomic E-state index is 12.9. The number of alkyl halides is 2. The summed E-state index contributed by atoms with van der Waals surface area (Å²) < 4.78 is 46.3. The van der Waals surface area contributed by atoms with Gasteiger partial charge in [-0.1, -0.05) is 12.1 Å². The molecule has 0 aliphatic heterocycles. The van der Waals surface area contributed by atoms with E-state index in [0.29, 0.717) is 12.1 Å². The number of carbonyl (C=O) groups is 2. The molecule has 2 aromatic rings. The molecule has 0 radical (unpaired) electrons. The highest BCUT2D eigenvalue weighted by molar-refractivity contribution is 5.93. The van der Waals surface area contributed by atoms with Gasteiger partial charge in [-0.2, -0.15) is 8.78 Å². The first-order valence-corrected chi connectivity index (χ1v) is 8.19. The Hall–Kier alpha value is -3.03. The summed E-state index contributed by atoms with van der Waals surface area (Å²) in [6.45, 7) is -3.38. The standard InChI is InChI=1S/C19H16F3NO4/c20-12-3-1-11(2-4-12)15-9-16(15)18(25)26-10-17(24)23-13-5-7-14(8-6-13)27-19(21)22/h1-8,15-16,19H,9-10H2,(H,23,24). The Balaban J connectivity index is 1.43. The smallest absolute Gasteiger partial charge is 0.387 e. The van der Waals surface area contributed by atoms with Crippen molar-refractivity contribution in [3.8, 4) is 5.75 Å². The van der Waals surface area contributed by atoms with Crippen molar-refractivity contribution < 1.29 is 32.2 Å². The van der Waals surface area contributed by atoms with Crippen LogP contribution in [0.25, 0.3) is 0 Å². The third-order valence-electron chi connectivity index (χ3n) is 4.10. The van der Waals surface area contributed by atoms with E-state index in [1.807, 2.05) is 0 Å². The maximum Gasteiger partial charge on any atom is 0.387 e. The Bertz CT molecular complexity index is 809. The second kappa shape index (κ2) is 8.11. The molecule has 3 rings (SSSR count). The molecule has 2 unspecified atom stereocenters. The van der Waals surface area contributed by atoms with E-state index in [2.05, 4.69) is 10.1 Å². The average molecular weight is 379 g/mol. The van der Waals surface area contributed by atoms with Crippen molar-refractivity contribution in [2.75, 3.05) is 11.9 Å². The van der Waals surface area contributed by atoms with Crippen molar-refractivity contribution in [2.45, 2.75) is 19.0 Å². The fraction of sp³-hybridized carbons (Fsp3) is 0.263. The molecule has 5 nitrogen and oxygen atoms in total. The summed E-state index contributed by atoms with van der Waals surface area (Å²) in [6.07, 6.45) is 0.595. The lowest BCUT2D eigenvalue weighted by Crippen LogP contribution is -2.21. The Morgan fingerprint density at radius 2 is 1.74 bits per heavy atom. The molecular formula is C19H16F3NO4. The molecule has 0 spiro atoms. The van der Waals surface area contributed by atoms with E-state index in [-0.39, 0.29) is 23.4 Å². The number of halogens is 3. The number of amides is 1. The maximum atomic E-state index is 12.9. The van der Waals surface area contributed by atoms with Crippen LogP contribution in [0.15, 0.2) is 48.5 Å². The number of rotatable bonds is 7. The fourth-order valence-corrected chi connectivity index (χ4v) is 2.69. The zero-order valence-corrected chi connectivity index (χ0v) is 14.0. The molecule has 0 aromatic heterocycles. The van der Waals surface area contributed by atoms with Crippen LogP contribution >= 0.6 is 0 Å². The number of benzene rings is 2. The molecular weight excluding hydrogens is 363 g/mol. The zero-order chi connectivity index (χ0) is 19.4. The minimum atomic E-state index is -2.92.